The Morgan fingerprint density at radius 3 is 2.46 bits per heavy atom. The molecule has 1 amide bonds. The standard InChI is InChI=1S/C18H19ClN2O4S/c1-12-10-16(17(25-2)11-15(12)19)20-26(23,24)14-7-5-13(6-8-14)21-9-3-4-18(21)22/h5-8,10-11,20H,3-4,9H2,1-2H3. The molecule has 0 spiro atoms. The number of hydrogen-bond acceptors (Lipinski definition) is 4. The van der Waals surface area contributed by atoms with Crippen LogP contribution in [0.2, 0.25) is 5.02 Å². The van der Waals surface area contributed by atoms with Crippen molar-refractivity contribution in [1.82, 2.24) is 0 Å². The molecule has 8 heteroatoms. The fourth-order valence-electron chi connectivity index (χ4n) is 2.84. The van der Waals surface area contributed by atoms with Gasteiger partial charge in [0.25, 0.3) is 10.0 Å². The quantitative estimate of drug-likeness (QED) is 0.840. The smallest absolute Gasteiger partial charge is 0.262 e. The average molecular weight is 395 g/mol. The summed E-state index contributed by atoms with van der Waals surface area (Å²) in [7, 11) is -2.36. The van der Waals surface area contributed by atoms with E-state index in [1.165, 1.54) is 19.2 Å². The Bertz CT molecular complexity index is 942. The minimum Gasteiger partial charge on any atom is -0.495 e. The highest BCUT2D eigenvalue weighted by atomic mass is 35.5. The Morgan fingerprint density at radius 2 is 1.88 bits per heavy atom. The molecule has 0 aromatic heterocycles. The summed E-state index contributed by atoms with van der Waals surface area (Å²) < 4.78 is 33.1. The first-order chi connectivity index (χ1) is 12.3. The zero-order valence-corrected chi connectivity index (χ0v) is 16.0. The number of anilines is 2. The fraction of sp³-hybridized carbons (Fsp3) is 0.278. The summed E-state index contributed by atoms with van der Waals surface area (Å²) in [6.07, 6.45) is 1.34. The van der Waals surface area contributed by atoms with Crippen molar-refractivity contribution >= 4 is 38.9 Å². The molecule has 3 rings (SSSR count). The lowest BCUT2D eigenvalue weighted by Gasteiger charge is -2.17. The van der Waals surface area contributed by atoms with Gasteiger partial charge in [-0.3, -0.25) is 9.52 Å². The van der Waals surface area contributed by atoms with Gasteiger partial charge in [0.05, 0.1) is 17.7 Å². The summed E-state index contributed by atoms with van der Waals surface area (Å²) in [6.45, 7) is 2.44. The Hall–Kier alpha value is -2.25. The van der Waals surface area contributed by atoms with Crippen LogP contribution in [-0.2, 0) is 14.8 Å². The number of nitrogens with zero attached hydrogens (tertiary/aromatic N) is 1. The van der Waals surface area contributed by atoms with E-state index in [9.17, 15) is 13.2 Å². The van der Waals surface area contributed by atoms with E-state index in [4.69, 9.17) is 16.3 Å². The van der Waals surface area contributed by atoms with Gasteiger partial charge in [-0.25, -0.2) is 8.42 Å². The molecule has 0 atom stereocenters. The van der Waals surface area contributed by atoms with Gasteiger partial charge in [-0.1, -0.05) is 11.6 Å². The molecule has 2 aromatic carbocycles. The van der Waals surface area contributed by atoms with Gasteiger partial charge in [0.15, 0.2) is 0 Å². The molecule has 1 saturated heterocycles. The van der Waals surface area contributed by atoms with E-state index in [0.29, 0.717) is 35.1 Å². The van der Waals surface area contributed by atoms with E-state index < -0.39 is 10.0 Å². The van der Waals surface area contributed by atoms with Gasteiger partial charge in [0.1, 0.15) is 5.75 Å². The SMILES string of the molecule is COc1cc(Cl)c(C)cc1NS(=O)(=O)c1ccc(N2CCCC2=O)cc1. The minimum atomic E-state index is -3.81. The molecule has 0 radical (unpaired) electrons. The summed E-state index contributed by atoms with van der Waals surface area (Å²) in [6, 6.07) is 9.44. The van der Waals surface area contributed by atoms with E-state index in [1.807, 2.05) is 0 Å². The van der Waals surface area contributed by atoms with Gasteiger partial charge in [0.2, 0.25) is 5.91 Å². The van der Waals surface area contributed by atoms with Gasteiger partial charge in [0, 0.05) is 29.7 Å². The predicted octanol–water partition coefficient (Wildman–Crippen LogP) is 3.58. The third kappa shape index (κ3) is 3.64. The van der Waals surface area contributed by atoms with Crippen LogP contribution in [0.1, 0.15) is 18.4 Å². The Morgan fingerprint density at radius 1 is 1.19 bits per heavy atom. The van der Waals surface area contributed by atoms with Crippen molar-refractivity contribution in [3.63, 3.8) is 0 Å². The Kier molecular flexibility index (Phi) is 5.11. The third-order valence-electron chi connectivity index (χ3n) is 4.26. The largest absolute Gasteiger partial charge is 0.495 e. The number of sulfonamides is 1. The number of nitrogens with one attached hydrogen (secondary N) is 1. The van der Waals surface area contributed by atoms with E-state index in [1.54, 1.807) is 36.1 Å². The zero-order chi connectivity index (χ0) is 18.9. The lowest BCUT2D eigenvalue weighted by Crippen LogP contribution is -2.23. The van der Waals surface area contributed by atoms with Crippen molar-refractivity contribution < 1.29 is 17.9 Å². The maximum atomic E-state index is 12.7. The maximum Gasteiger partial charge on any atom is 0.262 e. The van der Waals surface area contributed by atoms with Gasteiger partial charge in [-0.05, 0) is 49.2 Å². The van der Waals surface area contributed by atoms with E-state index in [-0.39, 0.29) is 10.8 Å². The number of carbonyl (C=O) groups is 1. The first-order valence-electron chi connectivity index (χ1n) is 8.09. The Labute approximate surface area is 157 Å². The lowest BCUT2D eigenvalue weighted by atomic mass is 10.2. The second-order valence-corrected chi connectivity index (χ2v) is 8.14. The number of halogens is 1. The normalized spacial score (nSPS) is 14.6. The summed E-state index contributed by atoms with van der Waals surface area (Å²) in [5.41, 5.74) is 1.74. The average Bonchev–Trinajstić information content (AvgIpc) is 3.04. The van der Waals surface area contributed by atoms with Crippen LogP contribution in [0, 0.1) is 6.92 Å². The van der Waals surface area contributed by atoms with Gasteiger partial charge >= 0.3 is 0 Å². The molecule has 0 unspecified atom stereocenters. The van der Waals surface area contributed by atoms with Crippen LogP contribution in [0.5, 0.6) is 5.75 Å². The number of carbonyl (C=O) groups excluding carboxylic acids is 1. The molecule has 138 valence electrons. The minimum absolute atomic E-state index is 0.0557. The number of hydrogen-bond donors (Lipinski definition) is 1. The van der Waals surface area contributed by atoms with Gasteiger partial charge < -0.3 is 9.64 Å². The van der Waals surface area contributed by atoms with Crippen LogP contribution in [0.4, 0.5) is 11.4 Å². The van der Waals surface area contributed by atoms with Crippen LogP contribution in [0.15, 0.2) is 41.3 Å². The summed E-state index contributed by atoms with van der Waals surface area (Å²) in [5.74, 6) is 0.392. The molecule has 1 N–H and O–H groups in total. The van der Waals surface area contributed by atoms with Crippen molar-refractivity contribution in [3.8, 4) is 5.75 Å². The highest BCUT2D eigenvalue weighted by Crippen LogP contribution is 2.33. The number of amides is 1. The van der Waals surface area contributed by atoms with E-state index in [2.05, 4.69) is 4.72 Å². The van der Waals surface area contributed by atoms with Crippen LogP contribution < -0.4 is 14.4 Å². The summed E-state index contributed by atoms with van der Waals surface area (Å²) >= 11 is 6.05. The highest BCUT2D eigenvalue weighted by Gasteiger charge is 2.23. The summed E-state index contributed by atoms with van der Waals surface area (Å²) in [4.78, 5) is 13.6. The maximum absolute atomic E-state index is 12.7. The van der Waals surface area contributed by atoms with Crippen LogP contribution in [0.3, 0.4) is 0 Å². The Balaban J connectivity index is 1.87. The zero-order valence-electron chi connectivity index (χ0n) is 14.5. The highest BCUT2D eigenvalue weighted by molar-refractivity contribution is 7.92. The van der Waals surface area contributed by atoms with Crippen molar-refractivity contribution in [2.75, 3.05) is 23.3 Å². The second-order valence-electron chi connectivity index (χ2n) is 6.05. The topological polar surface area (TPSA) is 75.7 Å². The first kappa shape index (κ1) is 18.5. The molecule has 0 saturated carbocycles. The lowest BCUT2D eigenvalue weighted by molar-refractivity contribution is -0.117. The number of rotatable bonds is 5. The van der Waals surface area contributed by atoms with Gasteiger partial charge in [-0.15, -0.1) is 0 Å². The second kappa shape index (κ2) is 7.17. The van der Waals surface area contributed by atoms with E-state index in [0.717, 1.165) is 12.0 Å². The molecule has 1 heterocycles. The number of ether oxygens (including phenoxy) is 1. The molecular weight excluding hydrogens is 376 g/mol. The molecule has 1 fully saturated rings. The molecule has 2 aromatic rings. The van der Waals surface area contributed by atoms with Crippen molar-refractivity contribution in [3.05, 3.63) is 47.0 Å². The van der Waals surface area contributed by atoms with Crippen molar-refractivity contribution in [2.24, 2.45) is 0 Å². The third-order valence-corrected chi connectivity index (χ3v) is 6.05. The number of methoxy groups -OCH3 is 1. The molecule has 0 aliphatic carbocycles. The molecule has 0 bridgehead atoms. The van der Waals surface area contributed by atoms with Crippen LogP contribution in [0.25, 0.3) is 0 Å². The van der Waals surface area contributed by atoms with Crippen molar-refractivity contribution in [2.45, 2.75) is 24.7 Å². The van der Waals surface area contributed by atoms with Crippen LogP contribution in [-0.4, -0.2) is 28.0 Å². The molecule has 6 nitrogen and oxygen atoms in total. The monoisotopic (exact) mass is 394 g/mol. The number of aryl methyl sites for hydroxylation is 1. The fourth-order valence-corrected chi connectivity index (χ4v) is 4.06. The summed E-state index contributed by atoms with van der Waals surface area (Å²) in [5, 5.41) is 0.490. The van der Waals surface area contributed by atoms with E-state index >= 15 is 0 Å². The van der Waals surface area contributed by atoms with Gasteiger partial charge in [-0.2, -0.15) is 0 Å². The molecule has 1 aliphatic heterocycles. The van der Waals surface area contributed by atoms with Crippen LogP contribution >= 0.6 is 11.6 Å². The molecular formula is C18H19ClN2O4S. The first-order valence-corrected chi connectivity index (χ1v) is 9.95. The molecule has 26 heavy (non-hydrogen) atoms. The predicted molar refractivity (Wildman–Crippen MR) is 102 cm³/mol. The van der Waals surface area contributed by atoms with Crippen molar-refractivity contribution in [1.29, 1.82) is 0 Å². The molecule has 1 aliphatic rings. The number of benzene rings is 2.